The molecule has 27 heavy (non-hydrogen) atoms. The van der Waals surface area contributed by atoms with Crippen LogP contribution in [0.25, 0.3) is 0 Å². The molecule has 0 bridgehead atoms. The molecule has 1 atom stereocenters. The molecular weight excluding hydrogens is 383 g/mol. The molecule has 0 aliphatic carbocycles. The number of pyridine rings is 1. The van der Waals surface area contributed by atoms with E-state index in [0.717, 1.165) is 12.1 Å². The number of sulfone groups is 1. The van der Waals surface area contributed by atoms with Gasteiger partial charge >= 0.3 is 0 Å². The van der Waals surface area contributed by atoms with Gasteiger partial charge < -0.3 is 10.2 Å². The lowest BCUT2D eigenvalue weighted by atomic mass is 10.1. The molecule has 1 amide bonds. The molecule has 1 fully saturated rings. The van der Waals surface area contributed by atoms with Crippen molar-refractivity contribution in [1.29, 1.82) is 0 Å². The van der Waals surface area contributed by atoms with Gasteiger partial charge in [0.05, 0.1) is 34.6 Å². The van der Waals surface area contributed by atoms with Crippen molar-refractivity contribution < 1.29 is 26.4 Å². The number of carbonyl (C=O) groups excluding carboxylic acids is 1. The van der Waals surface area contributed by atoms with Gasteiger partial charge in [-0.3, -0.25) is 9.78 Å². The van der Waals surface area contributed by atoms with Gasteiger partial charge in [0, 0.05) is 19.3 Å². The predicted octanol–water partition coefficient (Wildman–Crippen LogP) is 2.50. The molecular formula is C17H16F3N3O3S. The highest BCUT2D eigenvalue weighted by atomic mass is 32.2. The van der Waals surface area contributed by atoms with E-state index in [9.17, 15) is 26.4 Å². The first-order chi connectivity index (χ1) is 12.7. The van der Waals surface area contributed by atoms with Gasteiger partial charge in [-0.15, -0.1) is 0 Å². The van der Waals surface area contributed by atoms with E-state index in [-0.39, 0.29) is 28.4 Å². The molecule has 1 unspecified atom stereocenters. The zero-order valence-electron chi connectivity index (χ0n) is 14.2. The van der Waals surface area contributed by atoms with Crippen molar-refractivity contribution in [2.24, 2.45) is 0 Å². The number of rotatable bonds is 4. The minimum atomic E-state index is -3.15. The fourth-order valence-electron chi connectivity index (χ4n) is 2.85. The highest BCUT2D eigenvalue weighted by Crippen LogP contribution is 2.24. The van der Waals surface area contributed by atoms with Crippen molar-refractivity contribution >= 4 is 27.1 Å². The highest BCUT2D eigenvalue weighted by Gasteiger charge is 2.33. The van der Waals surface area contributed by atoms with Crippen LogP contribution in [0.15, 0.2) is 30.6 Å². The maximum Gasteiger partial charge on any atom is 0.255 e. The molecule has 1 saturated heterocycles. The number of benzene rings is 1. The lowest BCUT2D eigenvalue weighted by Crippen LogP contribution is -2.37. The van der Waals surface area contributed by atoms with Crippen molar-refractivity contribution in [3.05, 3.63) is 53.6 Å². The normalized spacial score (nSPS) is 18.3. The quantitative estimate of drug-likeness (QED) is 0.800. The third-order valence-electron chi connectivity index (χ3n) is 4.38. The van der Waals surface area contributed by atoms with Gasteiger partial charge in [-0.25, -0.2) is 21.6 Å². The number of aromatic nitrogens is 1. The zero-order chi connectivity index (χ0) is 19.8. The third kappa shape index (κ3) is 4.05. The minimum absolute atomic E-state index is 0.0323. The van der Waals surface area contributed by atoms with E-state index in [4.69, 9.17) is 0 Å². The average molecular weight is 399 g/mol. The third-order valence-corrected chi connectivity index (χ3v) is 6.13. The Morgan fingerprint density at radius 3 is 2.63 bits per heavy atom. The summed E-state index contributed by atoms with van der Waals surface area (Å²) in [4.78, 5) is 17.8. The molecule has 0 spiro atoms. The maximum absolute atomic E-state index is 13.8. The fourth-order valence-corrected chi connectivity index (χ4v) is 4.63. The summed E-state index contributed by atoms with van der Waals surface area (Å²) >= 11 is 0. The van der Waals surface area contributed by atoms with Gasteiger partial charge in [-0.1, -0.05) is 0 Å². The van der Waals surface area contributed by atoms with Crippen LogP contribution in [0.4, 0.5) is 24.5 Å². The second-order valence-corrected chi connectivity index (χ2v) is 8.51. The van der Waals surface area contributed by atoms with Crippen molar-refractivity contribution in [1.82, 2.24) is 9.88 Å². The first-order valence-electron chi connectivity index (χ1n) is 8.01. The van der Waals surface area contributed by atoms with E-state index in [0.29, 0.717) is 6.42 Å². The number of hydrogen-bond donors (Lipinski definition) is 1. The van der Waals surface area contributed by atoms with Crippen LogP contribution in [-0.4, -0.2) is 48.8 Å². The molecule has 1 aliphatic rings. The molecule has 1 aromatic heterocycles. The number of nitrogens with zero attached hydrogens (tertiary/aromatic N) is 2. The summed E-state index contributed by atoms with van der Waals surface area (Å²) in [5.41, 5.74) is 0.0310. The number of hydrogen-bond acceptors (Lipinski definition) is 5. The van der Waals surface area contributed by atoms with E-state index in [1.807, 2.05) is 0 Å². The highest BCUT2D eigenvalue weighted by molar-refractivity contribution is 7.91. The Morgan fingerprint density at radius 2 is 1.96 bits per heavy atom. The molecule has 1 N–H and O–H groups in total. The second kappa shape index (κ2) is 7.18. The summed E-state index contributed by atoms with van der Waals surface area (Å²) in [7, 11) is -1.64. The lowest BCUT2D eigenvalue weighted by molar-refractivity contribution is 0.0747. The monoisotopic (exact) mass is 399 g/mol. The minimum Gasteiger partial charge on any atom is -0.352 e. The molecule has 3 rings (SSSR count). The number of nitrogens with one attached hydrogen (secondary N) is 1. The molecule has 2 aromatic rings. The van der Waals surface area contributed by atoms with Crippen LogP contribution < -0.4 is 5.32 Å². The number of halogens is 3. The summed E-state index contributed by atoms with van der Waals surface area (Å²) < 4.78 is 63.3. The maximum atomic E-state index is 13.8. The molecule has 144 valence electrons. The standard InChI is InChI=1S/C17H16F3N3O3S/c1-23(12-4-5-27(25,26)9-12)17(24)10-6-11(8-21-7-10)22-14-3-2-13(18)15(19)16(14)20/h2-3,6-8,12,22H,4-5,9H2,1H3. The van der Waals surface area contributed by atoms with Gasteiger partial charge in [0.2, 0.25) is 0 Å². The van der Waals surface area contributed by atoms with Crippen LogP contribution in [0, 0.1) is 17.5 Å². The van der Waals surface area contributed by atoms with Crippen LogP contribution in [0.1, 0.15) is 16.8 Å². The lowest BCUT2D eigenvalue weighted by Gasteiger charge is -2.23. The summed E-state index contributed by atoms with van der Waals surface area (Å²) in [5.74, 6) is -4.82. The van der Waals surface area contributed by atoms with Crippen molar-refractivity contribution in [3.8, 4) is 0 Å². The Kier molecular flexibility index (Phi) is 5.09. The summed E-state index contributed by atoms with van der Waals surface area (Å²) in [6, 6.07) is 2.74. The first-order valence-corrected chi connectivity index (χ1v) is 9.83. The smallest absolute Gasteiger partial charge is 0.255 e. The van der Waals surface area contributed by atoms with E-state index >= 15 is 0 Å². The molecule has 1 aliphatic heterocycles. The van der Waals surface area contributed by atoms with Gasteiger partial charge in [0.15, 0.2) is 27.3 Å². The summed E-state index contributed by atoms with van der Waals surface area (Å²) in [6.45, 7) is 0. The van der Waals surface area contributed by atoms with Crippen LogP contribution in [0.2, 0.25) is 0 Å². The Hall–Kier alpha value is -2.62. The van der Waals surface area contributed by atoms with Crippen molar-refractivity contribution in [3.63, 3.8) is 0 Å². The van der Waals surface area contributed by atoms with Crippen LogP contribution in [0.5, 0.6) is 0 Å². The SMILES string of the molecule is CN(C(=O)c1cncc(Nc2ccc(F)c(F)c2F)c1)C1CCS(=O)(=O)C1. The van der Waals surface area contributed by atoms with Gasteiger partial charge in [-0.2, -0.15) is 0 Å². The molecule has 0 saturated carbocycles. The largest absolute Gasteiger partial charge is 0.352 e. The topological polar surface area (TPSA) is 79.4 Å². The predicted molar refractivity (Wildman–Crippen MR) is 93.0 cm³/mol. The van der Waals surface area contributed by atoms with E-state index in [1.165, 1.54) is 30.4 Å². The molecule has 6 nitrogen and oxygen atoms in total. The molecule has 0 radical (unpaired) electrons. The van der Waals surface area contributed by atoms with Gasteiger partial charge in [-0.05, 0) is 24.6 Å². The Bertz CT molecular complexity index is 998. The van der Waals surface area contributed by atoms with Gasteiger partial charge in [0.25, 0.3) is 5.91 Å². The first kappa shape index (κ1) is 19.2. The zero-order valence-corrected chi connectivity index (χ0v) is 15.1. The molecule has 2 heterocycles. The summed E-state index contributed by atoms with van der Waals surface area (Å²) in [5, 5.41) is 2.55. The average Bonchev–Trinajstić information content (AvgIpc) is 3.01. The number of anilines is 2. The number of amides is 1. The number of carbonyl (C=O) groups is 1. The van der Waals surface area contributed by atoms with Crippen LogP contribution in [0.3, 0.4) is 0 Å². The van der Waals surface area contributed by atoms with E-state index in [1.54, 1.807) is 0 Å². The second-order valence-electron chi connectivity index (χ2n) is 6.28. The Morgan fingerprint density at radius 1 is 1.22 bits per heavy atom. The fraction of sp³-hybridized carbons (Fsp3) is 0.294. The Labute approximate surface area is 153 Å². The summed E-state index contributed by atoms with van der Waals surface area (Å²) in [6.07, 6.45) is 2.93. The molecule has 10 heteroatoms. The Balaban J connectivity index is 1.79. The van der Waals surface area contributed by atoms with E-state index in [2.05, 4.69) is 10.3 Å². The van der Waals surface area contributed by atoms with E-state index < -0.39 is 39.2 Å². The molecule has 1 aromatic carbocycles. The van der Waals surface area contributed by atoms with Gasteiger partial charge in [0.1, 0.15) is 0 Å². The van der Waals surface area contributed by atoms with Crippen molar-refractivity contribution in [2.75, 3.05) is 23.9 Å². The van der Waals surface area contributed by atoms with Crippen molar-refractivity contribution in [2.45, 2.75) is 12.5 Å². The van der Waals surface area contributed by atoms with Crippen LogP contribution in [-0.2, 0) is 9.84 Å². The van der Waals surface area contributed by atoms with Crippen LogP contribution >= 0.6 is 0 Å².